The molecule has 79 heavy (non-hydrogen) atoms. The number of carbonyl (C=O) groups excluding carboxylic acids is 3. The smallest absolute Gasteiger partial charge is 0.326 e. The van der Waals surface area contributed by atoms with Gasteiger partial charge in [-0.2, -0.15) is 0 Å². The van der Waals surface area contributed by atoms with E-state index in [1.54, 1.807) is 45.0 Å². The number of pyridine rings is 1. The molecular weight excluding hydrogens is 1060 g/mol. The molecule has 1 aromatic carbocycles. The van der Waals surface area contributed by atoms with Crippen molar-refractivity contribution in [3.8, 4) is 0 Å². The Hall–Kier alpha value is -7.56. The van der Waals surface area contributed by atoms with Gasteiger partial charge in [0, 0.05) is 76.8 Å². The highest BCUT2D eigenvalue weighted by Gasteiger charge is 2.28. The van der Waals surface area contributed by atoms with Gasteiger partial charge in [0.2, 0.25) is 11.8 Å². The topological polar surface area (TPSA) is 407 Å². The Morgan fingerprint density at radius 3 is 1.63 bits per heavy atom. The highest BCUT2D eigenvalue weighted by molar-refractivity contribution is 7.80. The first-order valence-corrected chi connectivity index (χ1v) is 26.4. The zero-order valence-electron chi connectivity index (χ0n) is 43.9. The molecule has 0 unspecified atom stereocenters. The lowest BCUT2D eigenvalue weighted by atomic mass is 10.0. The zero-order valence-corrected chi connectivity index (χ0v) is 44.8. The highest BCUT2D eigenvalue weighted by Crippen LogP contribution is 2.19. The maximum Gasteiger partial charge on any atom is 0.326 e. The van der Waals surface area contributed by atoms with Gasteiger partial charge in [-0.1, -0.05) is 31.0 Å². The molecule has 0 aliphatic carbocycles. The van der Waals surface area contributed by atoms with Crippen LogP contribution in [0.2, 0.25) is 0 Å². The van der Waals surface area contributed by atoms with Crippen molar-refractivity contribution in [2.75, 3.05) is 57.7 Å². The minimum absolute atomic E-state index is 0.0110. The van der Waals surface area contributed by atoms with Crippen molar-refractivity contribution in [2.24, 2.45) is 0 Å². The molecule has 3 rings (SSSR count). The van der Waals surface area contributed by atoms with E-state index in [0.29, 0.717) is 86.5 Å². The second-order valence-electron chi connectivity index (χ2n) is 19.1. The molecule has 4 atom stereocenters. The van der Waals surface area contributed by atoms with Crippen LogP contribution in [0.15, 0.2) is 42.5 Å². The number of nitrogens with one attached hydrogen (secondary N) is 6. The van der Waals surface area contributed by atoms with Crippen molar-refractivity contribution in [1.82, 2.24) is 46.3 Å². The Bertz CT molecular complexity index is 2380. The van der Waals surface area contributed by atoms with Crippen LogP contribution in [0, 0.1) is 0 Å². The molecular formula is C51H74N10O17S. The number of thiocarbonyl (C=S) groups is 1. The van der Waals surface area contributed by atoms with Crippen molar-refractivity contribution in [2.45, 2.75) is 134 Å². The van der Waals surface area contributed by atoms with E-state index in [9.17, 15) is 78.6 Å². The fraction of sp³-hybridized carbons (Fsp3) is 0.569. The predicted octanol–water partition coefficient (Wildman–Crippen LogP) is 1.59. The Kier molecular flexibility index (Phi) is 29.8. The lowest BCUT2D eigenvalue weighted by Gasteiger charge is -2.36. The fourth-order valence-corrected chi connectivity index (χ4v) is 8.80. The molecule has 0 saturated carbocycles. The van der Waals surface area contributed by atoms with Crippen molar-refractivity contribution >= 4 is 82.6 Å². The van der Waals surface area contributed by atoms with Gasteiger partial charge in [0.1, 0.15) is 18.1 Å². The summed E-state index contributed by atoms with van der Waals surface area (Å²) in [4.78, 5) is 128. The molecule has 2 aromatic rings. The van der Waals surface area contributed by atoms with Crippen LogP contribution in [-0.2, 0) is 62.7 Å². The van der Waals surface area contributed by atoms with E-state index in [-0.39, 0.29) is 90.5 Å². The normalized spacial score (nSPS) is 15.3. The molecule has 13 N–H and O–H groups in total. The number of unbranched alkanes of at least 4 members (excludes halogenated alkanes) is 5. The number of fused-ring (bicyclic) bond motifs is 2. The van der Waals surface area contributed by atoms with Crippen molar-refractivity contribution < 1.29 is 83.7 Å². The average molecular weight is 1130 g/mol. The maximum atomic E-state index is 12.6. The number of hydrogen-bond acceptors (Lipinski definition) is 15. The van der Waals surface area contributed by atoms with E-state index in [1.165, 1.54) is 0 Å². The Labute approximate surface area is 461 Å². The largest absolute Gasteiger partial charge is 0.481 e. The summed E-state index contributed by atoms with van der Waals surface area (Å²) in [5.74, 6) is -9.05. The summed E-state index contributed by atoms with van der Waals surface area (Å²) >= 11 is 5.48. The molecule has 4 amide bonds. The Morgan fingerprint density at radius 1 is 0.544 bits per heavy atom. The second kappa shape index (κ2) is 35.8. The average Bonchev–Trinajstić information content (AvgIpc) is 3.36. The predicted molar refractivity (Wildman–Crippen MR) is 287 cm³/mol. The number of rotatable bonds is 35. The molecule has 1 aliphatic heterocycles. The summed E-state index contributed by atoms with van der Waals surface area (Å²) in [6.45, 7) is 0.699. The minimum atomic E-state index is -1.52. The van der Waals surface area contributed by atoms with Gasteiger partial charge in [-0.15, -0.1) is 0 Å². The molecule has 28 heteroatoms. The molecule has 0 spiro atoms. The SMILES string of the molecule is O=C(O)CC[C@H](NC(=O)N[C@@H](CCCCNC(=O)CCCCCCC(=O)N[C@@H](CCCCNC(=S)Nc1ccc(C[C@H]2CN(CC(=O)O)CCN(CC(=O)O)Cc3cccc(n3)CN2CC(=O)O)cc1)C(=O)O)C(=O)O)C(=O)O. The van der Waals surface area contributed by atoms with E-state index in [2.05, 4.69) is 31.9 Å². The van der Waals surface area contributed by atoms with Gasteiger partial charge < -0.3 is 67.6 Å². The summed E-state index contributed by atoms with van der Waals surface area (Å²) in [5, 5.41) is 82.4. The van der Waals surface area contributed by atoms with E-state index in [0.717, 1.165) is 5.56 Å². The summed E-state index contributed by atoms with van der Waals surface area (Å²) in [7, 11) is 0. The second-order valence-corrected chi connectivity index (χ2v) is 19.5. The zero-order chi connectivity index (χ0) is 58.3. The first-order chi connectivity index (χ1) is 37.6. The molecule has 0 fully saturated rings. The van der Waals surface area contributed by atoms with Crippen molar-refractivity contribution in [3.63, 3.8) is 0 Å². The quantitative estimate of drug-likeness (QED) is 0.0344. The Morgan fingerprint density at radius 2 is 1.06 bits per heavy atom. The van der Waals surface area contributed by atoms with Gasteiger partial charge in [-0.05, 0) is 106 Å². The molecule has 1 aromatic heterocycles. The molecule has 2 heterocycles. The van der Waals surface area contributed by atoms with Crippen molar-refractivity contribution in [3.05, 3.63) is 59.4 Å². The molecule has 0 saturated heterocycles. The fourth-order valence-electron chi connectivity index (χ4n) is 8.58. The van der Waals surface area contributed by atoms with Gasteiger partial charge in [0.15, 0.2) is 5.11 Å². The number of amides is 4. The first kappa shape index (κ1) is 65.7. The van der Waals surface area contributed by atoms with Crippen molar-refractivity contribution in [1.29, 1.82) is 0 Å². The molecule has 2 bridgehead atoms. The third-order valence-corrected chi connectivity index (χ3v) is 12.8. The van der Waals surface area contributed by atoms with Gasteiger partial charge in [-0.3, -0.25) is 48.5 Å². The number of anilines is 1. The van der Waals surface area contributed by atoms with Gasteiger partial charge in [0.25, 0.3) is 0 Å². The monoisotopic (exact) mass is 1130 g/mol. The molecule has 0 radical (unpaired) electrons. The summed E-state index contributed by atoms with van der Waals surface area (Å²) in [6.07, 6.45) is 3.93. The van der Waals surface area contributed by atoms with Crippen LogP contribution in [0.4, 0.5) is 10.5 Å². The van der Waals surface area contributed by atoms with Crippen LogP contribution in [0.5, 0.6) is 0 Å². The number of aliphatic carboxylic acids is 7. The molecule has 436 valence electrons. The third-order valence-electron chi connectivity index (χ3n) is 12.6. The number of urea groups is 1. The molecule has 1 aliphatic rings. The number of nitrogens with zero attached hydrogens (tertiary/aromatic N) is 4. The third kappa shape index (κ3) is 28.6. The number of aromatic nitrogens is 1. The van der Waals surface area contributed by atoms with Crippen LogP contribution in [0.25, 0.3) is 0 Å². The van der Waals surface area contributed by atoms with Crippen LogP contribution in [-0.4, -0.2) is 197 Å². The number of carbonyl (C=O) groups is 10. The van der Waals surface area contributed by atoms with Crippen LogP contribution < -0.4 is 31.9 Å². The van der Waals surface area contributed by atoms with Crippen LogP contribution in [0.3, 0.4) is 0 Å². The maximum absolute atomic E-state index is 12.6. The highest BCUT2D eigenvalue weighted by atomic mass is 32.1. The Balaban J connectivity index is 1.35. The van der Waals surface area contributed by atoms with E-state index in [4.69, 9.17) is 22.3 Å². The van der Waals surface area contributed by atoms with Gasteiger partial charge in [0.05, 0.1) is 31.0 Å². The number of hydrogen-bond donors (Lipinski definition) is 13. The first-order valence-electron chi connectivity index (χ1n) is 26.0. The van der Waals surface area contributed by atoms with E-state index < -0.39 is 90.7 Å². The summed E-state index contributed by atoms with van der Waals surface area (Å²) in [6, 6.07) is 7.11. The molecule has 27 nitrogen and oxygen atoms in total. The number of benzene rings is 1. The standard InChI is InChI=1S/C51H74N10O17S/c62-41(52-22-7-5-13-39(48(74)75)57-50(78)58-40(49(76)77)20-21-43(64)65)14-3-1-2-4-15-42(63)56-38(47(72)73)12-6-8-23-53-51(79)55-34-18-16-33(17-19-34)26-37-29-60(31-45(68)69)25-24-59(30-44(66)67)27-35-10-9-11-36(54-35)28-61(37)32-46(70)71/h9-11,16-19,37-40H,1-8,12-15,20-32H2,(H,52,62)(H,56,63)(H,64,65)(H,66,67)(H,68,69)(H,70,71)(H,72,73)(H,74,75)(H,76,77)(H2,53,55,79)(H2,57,58,78)/t37-,38-,39-,40-/m0/s1. The minimum Gasteiger partial charge on any atom is -0.481 e. The number of carboxylic acid groups (broad SMARTS) is 7. The van der Waals surface area contributed by atoms with Gasteiger partial charge >= 0.3 is 47.8 Å². The summed E-state index contributed by atoms with van der Waals surface area (Å²) < 4.78 is 0. The number of carboxylic acids is 7. The van der Waals surface area contributed by atoms with E-state index >= 15 is 0 Å². The van der Waals surface area contributed by atoms with E-state index in [1.807, 2.05) is 12.1 Å². The van der Waals surface area contributed by atoms with Crippen LogP contribution in [0.1, 0.15) is 107 Å². The lowest BCUT2D eigenvalue weighted by molar-refractivity contribution is -0.142. The van der Waals surface area contributed by atoms with Gasteiger partial charge in [-0.25, -0.2) is 19.2 Å². The summed E-state index contributed by atoms with van der Waals surface area (Å²) in [5.41, 5.74) is 2.67. The lowest BCUT2D eigenvalue weighted by Crippen LogP contribution is -2.51. The van der Waals surface area contributed by atoms with Crippen LogP contribution >= 0.6 is 12.2 Å².